The fraction of sp³-hybridized carbons (Fsp3) is 0.444. The van der Waals surface area contributed by atoms with E-state index in [4.69, 9.17) is 14.6 Å². The van der Waals surface area contributed by atoms with Crippen LogP contribution in [-0.4, -0.2) is 34.9 Å². The van der Waals surface area contributed by atoms with Crippen molar-refractivity contribution in [3.63, 3.8) is 0 Å². The van der Waals surface area contributed by atoms with Gasteiger partial charge >= 0.3 is 5.97 Å². The Morgan fingerprint density at radius 3 is 3.00 bits per heavy atom. The number of hydrogen-bond acceptors (Lipinski definition) is 5. The molecule has 1 saturated carbocycles. The highest BCUT2D eigenvalue weighted by molar-refractivity contribution is 8.04. The normalized spacial score (nSPS) is 24.8. The molecule has 0 saturated heterocycles. The van der Waals surface area contributed by atoms with Crippen LogP contribution in [0.1, 0.15) is 12.8 Å². The van der Waals surface area contributed by atoms with Crippen molar-refractivity contribution < 1.29 is 19.4 Å². The highest BCUT2D eigenvalue weighted by Gasteiger charge is 2.34. The summed E-state index contributed by atoms with van der Waals surface area (Å²) in [6, 6.07) is 0. The third-order valence-corrected chi connectivity index (χ3v) is 3.31. The first-order chi connectivity index (χ1) is 8.11. The topological polar surface area (TPSA) is 112 Å². The average Bonchev–Trinajstić information content (AvgIpc) is 3.01. The summed E-state index contributed by atoms with van der Waals surface area (Å²) in [7, 11) is -1.12. The van der Waals surface area contributed by atoms with E-state index >= 15 is 0 Å². The van der Waals surface area contributed by atoms with Crippen LogP contribution in [0.25, 0.3) is 0 Å². The standard InChI is InChI=1S/C9H11N3O4S/c10-17-3-6(12-9(17)11-4-13)7(8(14)15)16-5-1-2-5/h3-5,7,10H,1-2H2,(H,14,15)(H,11,12,13). The number of carboxylic acids is 1. The second-order valence-corrected chi connectivity index (χ2v) is 4.91. The molecule has 1 aliphatic heterocycles. The van der Waals surface area contributed by atoms with Gasteiger partial charge in [-0.05, 0) is 23.5 Å². The van der Waals surface area contributed by atoms with E-state index in [1.807, 2.05) is 0 Å². The predicted octanol–water partition coefficient (Wildman–Crippen LogP) is -0.0437. The van der Waals surface area contributed by atoms with Crippen LogP contribution in [0.4, 0.5) is 0 Å². The molecule has 1 fully saturated rings. The summed E-state index contributed by atoms with van der Waals surface area (Å²) < 4.78 is 12.9. The Balaban J connectivity index is 2.13. The van der Waals surface area contributed by atoms with Crippen molar-refractivity contribution in [1.29, 1.82) is 4.78 Å². The number of amides is 1. The molecule has 0 bridgehead atoms. The van der Waals surface area contributed by atoms with E-state index in [-0.39, 0.29) is 17.0 Å². The number of carbonyl (C=O) groups is 2. The molecule has 2 aliphatic rings. The second kappa shape index (κ2) is 4.76. The highest BCUT2D eigenvalue weighted by Crippen LogP contribution is 2.28. The zero-order chi connectivity index (χ0) is 12.4. The number of nitrogens with one attached hydrogen (secondary N) is 2. The van der Waals surface area contributed by atoms with Gasteiger partial charge in [0.15, 0.2) is 11.3 Å². The lowest BCUT2D eigenvalue weighted by molar-refractivity contribution is -0.148. The summed E-state index contributed by atoms with van der Waals surface area (Å²) in [4.78, 5) is 25.2. The van der Waals surface area contributed by atoms with Crippen molar-refractivity contribution in [3.05, 3.63) is 11.1 Å². The van der Waals surface area contributed by atoms with E-state index in [0.29, 0.717) is 6.41 Å². The number of ether oxygens (including phenoxy) is 1. The van der Waals surface area contributed by atoms with Gasteiger partial charge in [0, 0.05) is 5.41 Å². The molecule has 92 valence electrons. The predicted molar refractivity (Wildman–Crippen MR) is 60.3 cm³/mol. The summed E-state index contributed by atoms with van der Waals surface area (Å²) >= 11 is 0. The number of carboxylic acid groups (broad SMARTS) is 1. The largest absolute Gasteiger partial charge is 0.479 e. The van der Waals surface area contributed by atoms with Crippen LogP contribution in [0.5, 0.6) is 0 Å². The number of aliphatic imine (C=N–C) groups is 1. The van der Waals surface area contributed by atoms with E-state index in [2.05, 4.69) is 10.3 Å². The van der Waals surface area contributed by atoms with Crippen molar-refractivity contribution >= 4 is 28.2 Å². The Hall–Kier alpha value is -1.54. The molecule has 0 aromatic rings. The Bertz CT molecular complexity index is 442. The lowest BCUT2D eigenvalue weighted by Gasteiger charge is -2.11. The smallest absolute Gasteiger partial charge is 0.339 e. The first-order valence-electron chi connectivity index (χ1n) is 4.95. The van der Waals surface area contributed by atoms with E-state index in [9.17, 15) is 9.59 Å². The van der Waals surface area contributed by atoms with Gasteiger partial charge in [0.2, 0.25) is 6.41 Å². The van der Waals surface area contributed by atoms with Gasteiger partial charge in [-0.15, -0.1) is 0 Å². The molecule has 0 aromatic carbocycles. The molecular weight excluding hydrogens is 246 g/mol. The van der Waals surface area contributed by atoms with Crippen LogP contribution in [-0.2, 0) is 25.0 Å². The van der Waals surface area contributed by atoms with Crippen LogP contribution in [0.3, 0.4) is 0 Å². The van der Waals surface area contributed by atoms with Gasteiger partial charge in [-0.2, -0.15) is 0 Å². The van der Waals surface area contributed by atoms with E-state index < -0.39 is 22.8 Å². The molecule has 0 radical (unpaired) electrons. The Labute approximate surface area is 99.5 Å². The van der Waals surface area contributed by atoms with Crippen molar-refractivity contribution in [3.8, 4) is 0 Å². The van der Waals surface area contributed by atoms with Gasteiger partial charge in [0.25, 0.3) is 0 Å². The highest BCUT2D eigenvalue weighted by atomic mass is 32.2. The summed E-state index contributed by atoms with van der Waals surface area (Å²) in [5, 5.41) is 12.9. The Morgan fingerprint density at radius 2 is 2.47 bits per heavy atom. The fourth-order valence-corrected chi connectivity index (χ4v) is 2.20. The van der Waals surface area contributed by atoms with Gasteiger partial charge in [-0.1, -0.05) is 0 Å². The van der Waals surface area contributed by atoms with Crippen LogP contribution in [0.2, 0.25) is 0 Å². The number of hydrogen-bond donors (Lipinski definition) is 3. The van der Waals surface area contributed by atoms with Gasteiger partial charge in [-0.3, -0.25) is 9.57 Å². The molecule has 8 heteroatoms. The first kappa shape index (κ1) is 11.9. The number of nitrogens with zero attached hydrogens (tertiary/aromatic N) is 1. The van der Waals surface area contributed by atoms with Crippen molar-refractivity contribution in [2.24, 2.45) is 4.99 Å². The second-order valence-electron chi connectivity index (χ2n) is 3.61. The Morgan fingerprint density at radius 1 is 1.76 bits per heavy atom. The number of carbonyl (C=O) groups excluding carboxylic acids is 1. The molecule has 2 unspecified atom stereocenters. The molecule has 0 aromatic heterocycles. The van der Waals surface area contributed by atoms with E-state index in [1.165, 1.54) is 5.41 Å². The Kier molecular flexibility index (Phi) is 3.34. The summed E-state index contributed by atoms with van der Waals surface area (Å²) in [6.07, 6.45) is 0.956. The molecule has 1 amide bonds. The minimum absolute atomic E-state index is 0.0252. The summed E-state index contributed by atoms with van der Waals surface area (Å²) in [5.41, 5.74) is 0.187. The molecule has 0 spiro atoms. The van der Waals surface area contributed by atoms with E-state index in [0.717, 1.165) is 12.8 Å². The SMILES string of the molecule is N=S1C=C(C(OC2CC2)C(=O)O)N=C1NC=O. The maximum Gasteiger partial charge on any atom is 0.339 e. The molecular formula is C9H11N3O4S. The monoisotopic (exact) mass is 257 g/mol. The lowest BCUT2D eigenvalue weighted by Crippen LogP contribution is -2.26. The minimum Gasteiger partial charge on any atom is -0.479 e. The third-order valence-electron chi connectivity index (χ3n) is 2.21. The summed E-state index contributed by atoms with van der Waals surface area (Å²) in [5.74, 6) is -1.13. The van der Waals surface area contributed by atoms with Gasteiger partial charge < -0.3 is 15.2 Å². The van der Waals surface area contributed by atoms with Crippen LogP contribution < -0.4 is 5.32 Å². The molecule has 1 aliphatic carbocycles. The quantitative estimate of drug-likeness (QED) is 0.600. The van der Waals surface area contributed by atoms with Crippen LogP contribution in [0.15, 0.2) is 16.1 Å². The third kappa shape index (κ3) is 2.77. The molecule has 17 heavy (non-hydrogen) atoms. The number of aliphatic carboxylic acids is 1. The number of amidine groups is 1. The molecule has 1 heterocycles. The minimum atomic E-state index is -1.14. The zero-order valence-corrected chi connectivity index (χ0v) is 9.57. The van der Waals surface area contributed by atoms with Crippen molar-refractivity contribution in [2.45, 2.75) is 25.0 Å². The molecule has 3 N–H and O–H groups in total. The maximum atomic E-state index is 11.0. The fourth-order valence-electron chi connectivity index (χ4n) is 1.29. The van der Waals surface area contributed by atoms with Crippen LogP contribution in [0, 0.1) is 4.78 Å². The molecule has 2 atom stereocenters. The van der Waals surface area contributed by atoms with Crippen molar-refractivity contribution in [1.82, 2.24) is 5.32 Å². The number of rotatable bonds is 5. The maximum absolute atomic E-state index is 11.0. The first-order valence-corrected chi connectivity index (χ1v) is 6.24. The summed E-state index contributed by atoms with van der Waals surface area (Å²) in [6.45, 7) is 0. The average molecular weight is 257 g/mol. The van der Waals surface area contributed by atoms with Gasteiger partial charge in [0.05, 0.1) is 11.8 Å². The van der Waals surface area contributed by atoms with E-state index in [1.54, 1.807) is 0 Å². The van der Waals surface area contributed by atoms with Gasteiger partial charge in [-0.25, -0.2) is 9.79 Å². The zero-order valence-electron chi connectivity index (χ0n) is 8.75. The van der Waals surface area contributed by atoms with Crippen LogP contribution >= 0.6 is 0 Å². The lowest BCUT2D eigenvalue weighted by atomic mass is 10.3. The van der Waals surface area contributed by atoms with Crippen molar-refractivity contribution in [2.75, 3.05) is 0 Å². The van der Waals surface area contributed by atoms with Gasteiger partial charge in [0.1, 0.15) is 0 Å². The molecule has 2 rings (SSSR count). The molecule has 7 nitrogen and oxygen atoms in total.